The number of nitrogens with zero attached hydrogens (tertiary/aromatic N) is 2. The molecule has 0 atom stereocenters. The fourth-order valence-corrected chi connectivity index (χ4v) is 1.21. The molecular weight excluding hydrogens is 208 g/mol. The fourth-order valence-electron chi connectivity index (χ4n) is 1.21. The van der Waals surface area contributed by atoms with Gasteiger partial charge in [0.05, 0.1) is 0 Å². The summed E-state index contributed by atoms with van der Waals surface area (Å²) < 4.78 is 9.42. The van der Waals surface area contributed by atoms with Gasteiger partial charge in [0.1, 0.15) is 4.92 Å². The highest BCUT2D eigenvalue weighted by molar-refractivity contribution is 5.98. The Morgan fingerprint density at radius 1 is 1.33 bits per heavy atom. The Bertz CT molecular complexity index is 315. The van der Waals surface area contributed by atoms with E-state index in [-0.39, 0.29) is 5.97 Å². The Balaban J connectivity index is 5.53. The second kappa shape index (κ2) is 4.58. The zero-order valence-corrected chi connectivity index (χ0v) is 8.84. The van der Waals surface area contributed by atoms with Crippen LogP contribution >= 0.6 is 0 Å². The van der Waals surface area contributed by atoms with Gasteiger partial charge in [0.15, 0.2) is 14.2 Å². The van der Waals surface area contributed by atoms with E-state index in [0.29, 0.717) is 0 Å². The van der Waals surface area contributed by atoms with Crippen LogP contribution in [0.5, 0.6) is 0 Å². The molecule has 0 aromatic carbocycles. The molecule has 86 valence electrons. The first-order valence-electron chi connectivity index (χ1n) is 3.90. The van der Waals surface area contributed by atoms with Crippen LogP contribution < -0.4 is 0 Å². The van der Waals surface area contributed by atoms with E-state index in [9.17, 15) is 20.5 Å². The minimum atomic E-state index is -1.53. The van der Waals surface area contributed by atoms with E-state index in [0.717, 1.165) is 0 Å². The number of carbonyl (C=O) groups excluding carboxylic acids is 1. The minimum Gasteiger partial charge on any atom is -0.608 e. The van der Waals surface area contributed by atoms with Gasteiger partial charge in [-0.1, -0.05) is 0 Å². The highest BCUT2D eigenvalue weighted by atomic mass is 16.8. The van der Waals surface area contributed by atoms with Crippen LogP contribution in [-0.2, 0) is 9.16 Å². The van der Waals surface area contributed by atoms with Crippen molar-refractivity contribution in [2.75, 3.05) is 14.2 Å². The van der Waals surface area contributed by atoms with E-state index in [1.54, 1.807) is 0 Å². The van der Waals surface area contributed by atoms with Crippen molar-refractivity contribution in [3.63, 3.8) is 0 Å². The van der Waals surface area contributed by atoms with Gasteiger partial charge < -0.3 is 19.6 Å². The zero-order valence-electron chi connectivity index (χ0n) is 8.84. The maximum Gasteiger partial charge on any atom is 0.516 e. The van der Waals surface area contributed by atoms with Crippen LogP contribution in [0.4, 0.5) is 0 Å². The average Bonchev–Trinajstić information content (AvgIpc) is 2.02. The Morgan fingerprint density at radius 2 is 1.80 bits per heavy atom. The summed E-state index contributed by atoms with van der Waals surface area (Å²) in [7, 11) is 2.44. The minimum absolute atomic E-state index is 0.189. The lowest BCUT2D eigenvalue weighted by Crippen LogP contribution is -2.43. The van der Waals surface area contributed by atoms with Gasteiger partial charge >= 0.3 is 11.8 Å². The molecule has 0 spiro atoms. The lowest BCUT2D eigenvalue weighted by atomic mass is 9.92. The standard InChI is InChI=1S/C7H12N2O6/c1-7(2,6(14-3)15-4)5(8(10)11)9(12)13/h1-4H3. The third-order valence-electron chi connectivity index (χ3n) is 1.79. The molecule has 0 bridgehead atoms. The molecular formula is C7H12N2O6. The number of amidine groups is 1. The molecule has 8 nitrogen and oxygen atoms in total. The molecule has 0 heterocycles. The molecule has 0 unspecified atom stereocenters. The molecule has 0 saturated heterocycles. The van der Waals surface area contributed by atoms with Crippen LogP contribution in [0.1, 0.15) is 13.8 Å². The van der Waals surface area contributed by atoms with Crippen molar-refractivity contribution in [3.05, 3.63) is 20.5 Å². The van der Waals surface area contributed by atoms with Crippen LogP contribution in [-0.4, -0.2) is 35.8 Å². The third-order valence-corrected chi connectivity index (χ3v) is 1.79. The summed E-state index contributed by atoms with van der Waals surface area (Å²) in [5.41, 5.74) is -1.53. The Hall–Kier alpha value is -1.86. The summed E-state index contributed by atoms with van der Waals surface area (Å²) in [6, 6.07) is 0. The van der Waals surface area contributed by atoms with E-state index in [2.05, 4.69) is 0 Å². The van der Waals surface area contributed by atoms with Gasteiger partial charge in [-0.25, -0.2) is 0 Å². The predicted molar refractivity (Wildman–Crippen MR) is 50.7 cm³/mol. The lowest BCUT2D eigenvalue weighted by Gasteiger charge is -2.13. The summed E-state index contributed by atoms with van der Waals surface area (Å²) in [5, 5.41) is 31.6. The van der Waals surface area contributed by atoms with Crippen LogP contribution in [0.2, 0.25) is 0 Å². The summed E-state index contributed by atoms with van der Waals surface area (Å²) in [5.74, 6) is -1.29. The summed E-state index contributed by atoms with van der Waals surface area (Å²) in [4.78, 5) is 8.41. The maximum atomic E-state index is 10.5. The van der Waals surface area contributed by atoms with Crippen molar-refractivity contribution >= 4 is 11.8 Å². The van der Waals surface area contributed by atoms with Crippen molar-refractivity contribution in [3.8, 4) is 0 Å². The summed E-state index contributed by atoms with van der Waals surface area (Å²) >= 11 is 0. The van der Waals surface area contributed by atoms with Gasteiger partial charge in [-0.3, -0.25) is 10.1 Å². The topological polar surface area (TPSA) is 113 Å². The van der Waals surface area contributed by atoms with Crippen LogP contribution in [0.25, 0.3) is 0 Å². The number of esters is 1. The first-order chi connectivity index (χ1) is 6.78. The number of hydrogen-bond acceptors (Lipinski definition) is 5. The smallest absolute Gasteiger partial charge is 0.516 e. The quantitative estimate of drug-likeness (QED) is 0.124. The first-order valence-corrected chi connectivity index (χ1v) is 3.90. The van der Waals surface area contributed by atoms with Gasteiger partial charge in [0, 0.05) is 0 Å². The average molecular weight is 220 g/mol. The highest BCUT2D eigenvalue weighted by Gasteiger charge is 2.55. The third kappa shape index (κ3) is 2.55. The fraction of sp³-hybridized carbons (Fsp3) is 0.714. The Kier molecular flexibility index (Phi) is 4.01. The molecule has 0 radical (unpaired) electrons. The van der Waals surface area contributed by atoms with Gasteiger partial charge in [0.2, 0.25) is 0 Å². The largest absolute Gasteiger partial charge is 0.608 e. The monoisotopic (exact) mass is 220 g/mol. The van der Waals surface area contributed by atoms with Gasteiger partial charge in [0.25, 0.3) is 5.41 Å². The molecule has 0 N–H and O–H groups in total. The SMILES string of the molecule is COC(=[O+]C)C(C)(C)C([N+](=O)[O-])=[N+]([O-])[O-]. The van der Waals surface area contributed by atoms with Crippen molar-refractivity contribution in [2.24, 2.45) is 5.41 Å². The number of ether oxygens (including phenoxy) is 1. The van der Waals surface area contributed by atoms with Gasteiger partial charge in [-0.05, 0) is 13.8 Å². The van der Waals surface area contributed by atoms with Crippen LogP contribution in [0.3, 0.4) is 0 Å². The number of hydrogen-bond donors (Lipinski definition) is 0. The second-order valence-electron chi connectivity index (χ2n) is 3.16. The molecule has 0 amide bonds. The van der Waals surface area contributed by atoms with E-state index in [1.807, 2.05) is 0 Å². The second-order valence-corrected chi connectivity index (χ2v) is 3.16. The van der Waals surface area contributed by atoms with E-state index >= 15 is 0 Å². The van der Waals surface area contributed by atoms with Crippen molar-refractivity contribution < 1.29 is 19.0 Å². The van der Waals surface area contributed by atoms with Crippen molar-refractivity contribution in [1.29, 1.82) is 0 Å². The molecule has 0 fully saturated rings. The molecule has 0 rings (SSSR count). The van der Waals surface area contributed by atoms with E-state index in [1.165, 1.54) is 28.1 Å². The molecule has 0 aromatic heterocycles. The number of methoxy groups -OCH3 is 1. The molecule has 15 heavy (non-hydrogen) atoms. The number of rotatable bonds is 2. The first kappa shape index (κ1) is 13.1. The Labute approximate surface area is 85.8 Å². The Morgan fingerprint density at radius 3 is 2.00 bits per heavy atom. The van der Waals surface area contributed by atoms with Gasteiger partial charge in [-0.2, -0.15) is 0 Å². The molecule has 8 heteroatoms. The van der Waals surface area contributed by atoms with Crippen LogP contribution in [0, 0.1) is 25.9 Å². The van der Waals surface area contributed by atoms with Crippen molar-refractivity contribution in [2.45, 2.75) is 13.8 Å². The number of nitro groups is 1. The maximum absolute atomic E-state index is 10.5. The normalized spacial score (nSPS) is 12.1. The van der Waals surface area contributed by atoms with E-state index in [4.69, 9.17) is 9.16 Å². The summed E-state index contributed by atoms with van der Waals surface area (Å²) in [6.45, 7) is 2.55. The van der Waals surface area contributed by atoms with Crippen LogP contribution in [0.15, 0.2) is 0 Å². The van der Waals surface area contributed by atoms with Crippen molar-refractivity contribution in [1.82, 2.24) is 0 Å². The molecule has 0 saturated carbocycles. The molecule has 0 aliphatic carbocycles. The molecule has 0 aliphatic rings. The molecule has 0 aliphatic heterocycles. The van der Waals surface area contributed by atoms with E-state index < -0.39 is 21.1 Å². The molecule has 0 aromatic rings. The lowest BCUT2D eigenvalue weighted by molar-refractivity contribution is -0.489. The summed E-state index contributed by atoms with van der Waals surface area (Å²) in [6.07, 6.45) is 0. The predicted octanol–water partition coefficient (Wildman–Crippen LogP) is 0.0344. The van der Waals surface area contributed by atoms with Gasteiger partial charge in [-0.15, -0.1) is 4.90 Å². The highest BCUT2D eigenvalue weighted by Crippen LogP contribution is 2.20. The zero-order chi connectivity index (χ0) is 12.2.